The molecule has 0 saturated heterocycles. The largest absolute Gasteiger partial charge is 0.347 e. The Bertz CT molecular complexity index is 609. The van der Waals surface area contributed by atoms with Crippen LogP contribution < -0.4 is 11.1 Å². The summed E-state index contributed by atoms with van der Waals surface area (Å²) in [5.41, 5.74) is 6.69. The molecule has 2 aromatic rings. The van der Waals surface area contributed by atoms with Gasteiger partial charge in [-0.15, -0.1) is 0 Å². The van der Waals surface area contributed by atoms with Crippen molar-refractivity contribution in [3.63, 3.8) is 0 Å². The summed E-state index contributed by atoms with van der Waals surface area (Å²) in [4.78, 5) is 12.2. The van der Waals surface area contributed by atoms with E-state index in [1.165, 1.54) is 16.8 Å². The molecule has 3 N–H and O–H groups in total. The van der Waals surface area contributed by atoms with E-state index in [1.54, 1.807) is 24.4 Å². The number of hydrogen-bond acceptors (Lipinski definition) is 3. The molecule has 0 saturated carbocycles. The molecule has 0 fully saturated rings. The van der Waals surface area contributed by atoms with Crippen LogP contribution in [0.25, 0.3) is 5.69 Å². The monoisotopic (exact) mass is 304 g/mol. The summed E-state index contributed by atoms with van der Waals surface area (Å²) in [5, 5.41) is 7.11. The molecule has 1 amide bonds. The Labute approximate surface area is 129 Å². The van der Waals surface area contributed by atoms with Gasteiger partial charge >= 0.3 is 0 Å². The minimum atomic E-state index is -0.310. The van der Waals surface area contributed by atoms with Crippen molar-refractivity contribution in [1.29, 1.82) is 0 Å². The van der Waals surface area contributed by atoms with Gasteiger partial charge in [-0.25, -0.2) is 9.07 Å². The highest BCUT2D eigenvalue weighted by atomic mass is 19.1. The highest BCUT2D eigenvalue weighted by molar-refractivity contribution is 5.92. The molecule has 0 aliphatic rings. The van der Waals surface area contributed by atoms with Gasteiger partial charge in [0.25, 0.3) is 5.91 Å². The lowest BCUT2D eigenvalue weighted by molar-refractivity contribution is 0.0930. The summed E-state index contributed by atoms with van der Waals surface area (Å²) in [7, 11) is 0. The highest BCUT2D eigenvalue weighted by Gasteiger charge is 2.14. The first kappa shape index (κ1) is 16.2. The Kier molecular flexibility index (Phi) is 5.66. The second-order valence-corrected chi connectivity index (χ2v) is 5.17. The standard InChI is InChI=1S/C16H21FN4O/c1-2-3-4-13(11-18)19-16(22)15-9-10-21(20-15)14-7-5-12(17)6-8-14/h5-10,13H,2-4,11,18H2,1H3,(H,19,22). The van der Waals surface area contributed by atoms with E-state index in [-0.39, 0.29) is 17.8 Å². The highest BCUT2D eigenvalue weighted by Crippen LogP contribution is 2.09. The van der Waals surface area contributed by atoms with Crippen molar-refractivity contribution in [3.8, 4) is 5.69 Å². The van der Waals surface area contributed by atoms with E-state index in [1.807, 2.05) is 0 Å². The first-order valence-corrected chi connectivity index (χ1v) is 7.46. The fourth-order valence-corrected chi connectivity index (χ4v) is 2.14. The van der Waals surface area contributed by atoms with Crippen LogP contribution in [0.3, 0.4) is 0 Å². The molecule has 118 valence electrons. The van der Waals surface area contributed by atoms with Gasteiger partial charge < -0.3 is 11.1 Å². The third kappa shape index (κ3) is 4.14. The Morgan fingerprint density at radius 3 is 2.73 bits per heavy atom. The van der Waals surface area contributed by atoms with E-state index >= 15 is 0 Å². The van der Waals surface area contributed by atoms with Crippen LogP contribution in [0.1, 0.15) is 36.7 Å². The van der Waals surface area contributed by atoms with Crippen molar-refractivity contribution < 1.29 is 9.18 Å². The molecule has 2 rings (SSSR count). The van der Waals surface area contributed by atoms with Gasteiger partial charge in [0.15, 0.2) is 5.69 Å². The van der Waals surface area contributed by atoms with Gasteiger partial charge in [0, 0.05) is 18.8 Å². The maximum absolute atomic E-state index is 12.9. The SMILES string of the molecule is CCCCC(CN)NC(=O)c1ccn(-c2ccc(F)cc2)n1. The zero-order valence-corrected chi connectivity index (χ0v) is 12.6. The zero-order chi connectivity index (χ0) is 15.9. The number of carbonyl (C=O) groups excluding carboxylic acids is 1. The minimum absolute atomic E-state index is 0.0385. The van der Waals surface area contributed by atoms with Crippen molar-refractivity contribution in [2.75, 3.05) is 6.54 Å². The molecule has 6 heteroatoms. The predicted octanol–water partition coefficient (Wildman–Crippen LogP) is 2.26. The molecule has 1 unspecified atom stereocenters. The van der Waals surface area contributed by atoms with Gasteiger partial charge in [-0.1, -0.05) is 19.8 Å². The number of hydrogen-bond donors (Lipinski definition) is 2. The Hall–Kier alpha value is -2.21. The van der Waals surface area contributed by atoms with Gasteiger partial charge in [0.1, 0.15) is 5.82 Å². The smallest absolute Gasteiger partial charge is 0.272 e. The number of nitrogens with two attached hydrogens (primary N) is 1. The van der Waals surface area contributed by atoms with Gasteiger partial charge in [-0.05, 0) is 36.8 Å². The zero-order valence-electron chi connectivity index (χ0n) is 12.6. The van der Waals surface area contributed by atoms with Gasteiger partial charge in [-0.2, -0.15) is 5.10 Å². The average molecular weight is 304 g/mol. The minimum Gasteiger partial charge on any atom is -0.347 e. The average Bonchev–Trinajstić information content (AvgIpc) is 3.02. The van der Waals surface area contributed by atoms with Crippen LogP contribution in [0.4, 0.5) is 4.39 Å². The van der Waals surface area contributed by atoms with Gasteiger partial charge in [0.2, 0.25) is 0 Å². The van der Waals surface area contributed by atoms with Crippen molar-refractivity contribution in [1.82, 2.24) is 15.1 Å². The number of unbranched alkanes of at least 4 members (excludes halogenated alkanes) is 1. The maximum Gasteiger partial charge on any atom is 0.272 e. The summed E-state index contributed by atoms with van der Waals surface area (Å²) in [6.07, 6.45) is 4.61. The third-order valence-corrected chi connectivity index (χ3v) is 3.44. The summed E-state index contributed by atoms with van der Waals surface area (Å²) in [5.74, 6) is -0.553. The predicted molar refractivity (Wildman–Crippen MR) is 83.4 cm³/mol. The quantitative estimate of drug-likeness (QED) is 0.824. The second kappa shape index (κ2) is 7.70. The Balaban J connectivity index is 2.03. The third-order valence-electron chi connectivity index (χ3n) is 3.44. The lowest BCUT2D eigenvalue weighted by Crippen LogP contribution is -2.40. The summed E-state index contributed by atoms with van der Waals surface area (Å²) < 4.78 is 14.5. The summed E-state index contributed by atoms with van der Waals surface area (Å²) >= 11 is 0. The van der Waals surface area contributed by atoms with Crippen LogP contribution in [0.2, 0.25) is 0 Å². The van der Waals surface area contributed by atoms with Crippen molar-refractivity contribution in [3.05, 3.63) is 48.0 Å². The molecule has 1 aromatic heterocycles. The fraction of sp³-hybridized carbons (Fsp3) is 0.375. The second-order valence-electron chi connectivity index (χ2n) is 5.17. The normalized spacial score (nSPS) is 12.1. The van der Waals surface area contributed by atoms with E-state index in [4.69, 9.17) is 5.73 Å². The molecule has 1 atom stereocenters. The summed E-state index contributed by atoms with van der Waals surface area (Å²) in [6.45, 7) is 2.50. The first-order chi connectivity index (χ1) is 10.6. The fourth-order valence-electron chi connectivity index (χ4n) is 2.14. The maximum atomic E-state index is 12.9. The first-order valence-electron chi connectivity index (χ1n) is 7.46. The molecule has 1 heterocycles. The summed E-state index contributed by atoms with van der Waals surface area (Å²) in [6, 6.07) is 7.51. The molecular weight excluding hydrogens is 283 g/mol. The molecular formula is C16H21FN4O. The molecule has 0 aliphatic carbocycles. The molecule has 0 radical (unpaired) electrons. The van der Waals surface area contributed by atoms with E-state index < -0.39 is 0 Å². The number of amides is 1. The van der Waals surface area contributed by atoms with E-state index in [9.17, 15) is 9.18 Å². The van der Waals surface area contributed by atoms with Crippen molar-refractivity contribution in [2.45, 2.75) is 32.2 Å². The lowest BCUT2D eigenvalue weighted by Gasteiger charge is -2.15. The molecule has 0 aliphatic heterocycles. The van der Waals surface area contributed by atoms with Crippen LogP contribution in [0.5, 0.6) is 0 Å². The molecule has 5 nitrogen and oxygen atoms in total. The Morgan fingerprint density at radius 1 is 1.36 bits per heavy atom. The van der Waals surface area contributed by atoms with Gasteiger partial charge in [-0.3, -0.25) is 4.79 Å². The lowest BCUT2D eigenvalue weighted by atomic mass is 10.1. The number of rotatable bonds is 7. The van der Waals surface area contributed by atoms with E-state index in [0.717, 1.165) is 19.3 Å². The van der Waals surface area contributed by atoms with Crippen LogP contribution in [0.15, 0.2) is 36.5 Å². The number of halogens is 1. The van der Waals surface area contributed by atoms with Crippen molar-refractivity contribution in [2.24, 2.45) is 5.73 Å². The van der Waals surface area contributed by atoms with Crippen LogP contribution in [-0.4, -0.2) is 28.3 Å². The molecule has 0 bridgehead atoms. The topological polar surface area (TPSA) is 72.9 Å². The van der Waals surface area contributed by atoms with Gasteiger partial charge in [0.05, 0.1) is 5.69 Å². The van der Waals surface area contributed by atoms with Crippen LogP contribution >= 0.6 is 0 Å². The molecule has 22 heavy (non-hydrogen) atoms. The van der Waals surface area contributed by atoms with Crippen LogP contribution in [-0.2, 0) is 0 Å². The Morgan fingerprint density at radius 2 is 2.09 bits per heavy atom. The van der Waals surface area contributed by atoms with E-state index in [2.05, 4.69) is 17.3 Å². The molecule has 0 spiro atoms. The number of benzene rings is 1. The number of nitrogens with one attached hydrogen (secondary N) is 1. The van der Waals surface area contributed by atoms with Crippen molar-refractivity contribution >= 4 is 5.91 Å². The number of nitrogens with zero attached hydrogens (tertiary/aromatic N) is 2. The number of carbonyl (C=O) groups is 1. The molecule has 1 aromatic carbocycles. The van der Waals surface area contributed by atoms with Crippen LogP contribution in [0, 0.1) is 5.82 Å². The van der Waals surface area contributed by atoms with E-state index in [0.29, 0.717) is 17.9 Å². The number of aromatic nitrogens is 2.